The topological polar surface area (TPSA) is 110 Å². The first-order valence-corrected chi connectivity index (χ1v) is 6.21. The Morgan fingerprint density at radius 3 is 1.41 bits per heavy atom. The Labute approximate surface area is 111 Å². The molecular weight excluding hydrogens is 267 g/mol. The lowest BCUT2D eigenvalue weighted by atomic mass is 10.4. The van der Waals surface area contributed by atoms with E-state index in [2.05, 4.69) is 22.1 Å². The minimum absolute atomic E-state index is 0.0833. The van der Waals surface area contributed by atoms with Gasteiger partial charge in [-0.05, 0) is 19.5 Å². The zero-order chi connectivity index (χ0) is 13.5. The molecule has 0 aromatic heterocycles. The van der Waals surface area contributed by atoms with Gasteiger partial charge >= 0.3 is 0 Å². The van der Waals surface area contributed by atoms with Gasteiger partial charge in [0.15, 0.2) is 0 Å². The molecule has 1 rings (SSSR count). The fourth-order valence-electron chi connectivity index (χ4n) is 0.765. The van der Waals surface area contributed by atoms with Gasteiger partial charge in [-0.3, -0.25) is 9.59 Å². The maximum Gasteiger partial charge on any atom is 0.232 e. The summed E-state index contributed by atoms with van der Waals surface area (Å²) in [7, 11) is 0. The molecule has 0 spiro atoms. The van der Waals surface area contributed by atoms with Crippen LogP contribution in [0.2, 0.25) is 0 Å². The predicted octanol–water partition coefficient (Wildman–Crippen LogP) is -1.01. The highest BCUT2D eigenvalue weighted by Gasteiger charge is 1.92. The van der Waals surface area contributed by atoms with Crippen LogP contribution in [0.3, 0.4) is 0 Å². The molecule has 0 aliphatic carbocycles. The van der Waals surface area contributed by atoms with E-state index in [0.29, 0.717) is 0 Å². The SMILES string of the molecule is C1CNCCNC1.NC(=O)CCl.NC(=O)CCl. The molecular formula is C9H20Cl2N4O2. The number of hydrogen-bond acceptors (Lipinski definition) is 4. The molecule has 17 heavy (non-hydrogen) atoms. The second-order valence-electron chi connectivity index (χ2n) is 3.05. The van der Waals surface area contributed by atoms with Gasteiger partial charge in [-0.25, -0.2) is 0 Å². The lowest BCUT2D eigenvalue weighted by Gasteiger charge is -1.92. The number of hydrogen-bond donors (Lipinski definition) is 4. The maximum absolute atomic E-state index is 9.46. The molecule has 0 aromatic rings. The smallest absolute Gasteiger partial charge is 0.232 e. The van der Waals surface area contributed by atoms with E-state index in [-0.39, 0.29) is 11.8 Å². The summed E-state index contributed by atoms with van der Waals surface area (Å²) in [5.74, 6) is -1.13. The Hall–Kier alpha value is -0.560. The third kappa shape index (κ3) is 25.6. The van der Waals surface area contributed by atoms with Gasteiger partial charge < -0.3 is 22.1 Å². The van der Waals surface area contributed by atoms with Crippen LogP contribution in [-0.4, -0.2) is 49.8 Å². The number of nitrogens with one attached hydrogen (secondary N) is 2. The van der Waals surface area contributed by atoms with E-state index >= 15 is 0 Å². The summed E-state index contributed by atoms with van der Waals surface area (Å²) in [5.41, 5.74) is 9.04. The summed E-state index contributed by atoms with van der Waals surface area (Å²) in [5, 5.41) is 6.57. The summed E-state index contributed by atoms with van der Waals surface area (Å²) in [6, 6.07) is 0. The second kappa shape index (κ2) is 15.4. The van der Waals surface area contributed by atoms with E-state index in [1.165, 1.54) is 19.5 Å². The van der Waals surface area contributed by atoms with Gasteiger partial charge in [0.25, 0.3) is 0 Å². The third-order valence-electron chi connectivity index (χ3n) is 1.45. The molecule has 6 nitrogen and oxygen atoms in total. The van der Waals surface area contributed by atoms with E-state index in [4.69, 9.17) is 23.2 Å². The lowest BCUT2D eigenvalue weighted by Crippen LogP contribution is -2.21. The van der Waals surface area contributed by atoms with Crippen molar-refractivity contribution in [2.24, 2.45) is 11.5 Å². The number of halogens is 2. The summed E-state index contributed by atoms with van der Waals surface area (Å²) < 4.78 is 0. The van der Waals surface area contributed by atoms with Gasteiger partial charge in [0.05, 0.1) is 0 Å². The van der Waals surface area contributed by atoms with Crippen LogP contribution in [0.25, 0.3) is 0 Å². The average molecular weight is 287 g/mol. The van der Waals surface area contributed by atoms with Crippen LogP contribution in [0.5, 0.6) is 0 Å². The molecule has 1 saturated heterocycles. The van der Waals surface area contributed by atoms with Gasteiger partial charge in [0.2, 0.25) is 11.8 Å². The highest BCUT2D eigenvalue weighted by Crippen LogP contribution is 1.75. The van der Waals surface area contributed by atoms with Crippen molar-refractivity contribution in [3.8, 4) is 0 Å². The Balaban J connectivity index is 0. The molecule has 102 valence electrons. The molecule has 1 fully saturated rings. The number of alkyl halides is 2. The van der Waals surface area contributed by atoms with Gasteiger partial charge in [-0.15, -0.1) is 23.2 Å². The monoisotopic (exact) mass is 286 g/mol. The Kier molecular flexibility index (Phi) is 17.1. The lowest BCUT2D eigenvalue weighted by molar-refractivity contribution is -0.116. The van der Waals surface area contributed by atoms with Crippen LogP contribution in [0.1, 0.15) is 6.42 Å². The average Bonchev–Trinajstić information content (AvgIpc) is 2.62. The number of carbonyl (C=O) groups is 2. The molecule has 0 bridgehead atoms. The number of primary amides is 2. The van der Waals surface area contributed by atoms with E-state index in [9.17, 15) is 9.59 Å². The first-order chi connectivity index (χ1) is 8.04. The largest absolute Gasteiger partial charge is 0.369 e. The molecule has 1 heterocycles. The van der Waals surface area contributed by atoms with Crippen molar-refractivity contribution in [2.45, 2.75) is 6.42 Å². The van der Waals surface area contributed by atoms with Crippen LogP contribution in [0.15, 0.2) is 0 Å². The van der Waals surface area contributed by atoms with Crippen LogP contribution in [0.4, 0.5) is 0 Å². The molecule has 0 unspecified atom stereocenters. The van der Waals surface area contributed by atoms with Gasteiger partial charge in [-0.1, -0.05) is 0 Å². The van der Waals surface area contributed by atoms with Crippen molar-refractivity contribution in [2.75, 3.05) is 37.9 Å². The predicted molar refractivity (Wildman–Crippen MR) is 70.2 cm³/mol. The van der Waals surface area contributed by atoms with Gasteiger partial charge in [0.1, 0.15) is 11.8 Å². The molecule has 0 saturated carbocycles. The Morgan fingerprint density at radius 2 is 1.18 bits per heavy atom. The van der Waals surface area contributed by atoms with Gasteiger partial charge in [-0.2, -0.15) is 0 Å². The minimum atomic E-state index is -0.480. The zero-order valence-electron chi connectivity index (χ0n) is 9.68. The fraction of sp³-hybridized carbons (Fsp3) is 0.778. The fourth-order valence-corrected chi connectivity index (χ4v) is 0.765. The van der Waals surface area contributed by atoms with Crippen molar-refractivity contribution < 1.29 is 9.59 Å². The molecule has 1 aliphatic heterocycles. The van der Waals surface area contributed by atoms with Gasteiger partial charge in [0, 0.05) is 13.1 Å². The minimum Gasteiger partial charge on any atom is -0.369 e. The second-order valence-corrected chi connectivity index (χ2v) is 3.59. The molecule has 0 atom stereocenters. The molecule has 0 aromatic carbocycles. The molecule has 8 heteroatoms. The number of rotatable bonds is 2. The first-order valence-electron chi connectivity index (χ1n) is 5.14. The van der Waals surface area contributed by atoms with E-state index in [1.54, 1.807) is 0 Å². The molecule has 1 aliphatic rings. The van der Waals surface area contributed by atoms with E-state index in [0.717, 1.165) is 13.1 Å². The van der Waals surface area contributed by atoms with Crippen LogP contribution in [0, 0.1) is 0 Å². The Bertz CT molecular complexity index is 172. The highest BCUT2D eigenvalue weighted by molar-refractivity contribution is 6.27. The third-order valence-corrected chi connectivity index (χ3v) is 1.98. The van der Waals surface area contributed by atoms with Crippen LogP contribution >= 0.6 is 23.2 Å². The molecule has 6 N–H and O–H groups in total. The van der Waals surface area contributed by atoms with Crippen LogP contribution in [-0.2, 0) is 9.59 Å². The molecule has 0 radical (unpaired) electrons. The van der Waals surface area contributed by atoms with Crippen molar-refractivity contribution in [3.63, 3.8) is 0 Å². The summed E-state index contributed by atoms with van der Waals surface area (Å²) in [4.78, 5) is 18.9. The van der Waals surface area contributed by atoms with E-state index < -0.39 is 11.8 Å². The first kappa shape index (κ1) is 18.8. The summed E-state index contributed by atoms with van der Waals surface area (Å²) >= 11 is 9.72. The number of nitrogens with two attached hydrogens (primary N) is 2. The quantitative estimate of drug-likeness (QED) is 0.488. The number of carbonyl (C=O) groups excluding carboxylic acids is 2. The number of amides is 2. The highest BCUT2D eigenvalue weighted by atomic mass is 35.5. The zero-order valence-corrected chi connectivity index (χ0v) is 11.2. The summed E-state index contributed by atoms with van der Waals surface area (Å²) in [6.45, 7) is 4.65. The molecule has 2 amide bonds. The maximum atomic E-state index is 9.46. The van der Waals surface area contributed by atoms with E-state index in [1.807, 2.05) is 0 Å². The van der Waals surface area contributed by atoms with Crippen molar-refractivity contribution in [1.29, 1.82) is 0 Å². The van der Waals surface area contributed by atoms with Crippen molar-refractivity contribution in [3.05, 3.63) is 0 Å². The van der Waals surface area contributed by atoms with Crippen molar-refractivity contribution in [1.82, 2.24) is 10.6 Å². The van der Waals surface area contributed by atoms with Crippen LogP contribution < -0.4 is 22.1 Å². The Morgan fingerprint density at radius 1 is 0.882 bits per heavy atom. The standard InChI is InChI=1S/C5H12N2.2C2H4ClNO/c1-2-6-4-5-7-3-1;2*3-1-2(4)5/h6-7H,1-5H2;2*1H2,(H2,4,5). The normalized spacial score (nSPS) is 14.2. The van der Waals surface area contributed by atoms with Crippen molar-refractivity contribution >= 4 is 35.0 Å². The summed E-state index contributed by atoms with van der Waals surface area (Å²) in [6.07, 6.45) is 1.28.